The van der Waals surface area contributed by atoms with Crippen LogP contribution in [-0.4, -0.2) is 46.5 Å². The third kappa shape index (κ3) is 6.76. The van der Waals surface area contributed by atoms with Gasteiger partial charge in [-0.3, -0.25) is 4.79 Å². The van der Waals surface area contributed by atoms with Crippen molar-refractivity contribution in [3.63, 3.8) is 0 Å². The molecule has 1 aromatic rings. The lowest BCUT2D eigenvalue weighted by molar-refractivity contribution is -0.139. The van der Waals surface area contributed by atoms with Gasteiger partial charge in [0.15, 0.2) is 0 Å². The number of likely N-dealkylation sites (tertiary alicyclic amines) is 1. The lowest BCUT2D eigenvalue weighted by Crippen LogP contribution is -2.49. The number of carbonyl (C=O) groups is 2. The van der Waals surface area contributed by atoms with Gasteiger partial charge in [0.1, 0.15) is 5.60 Å². The SMILES string of the molecule is CC(C)c1ccc(CN(C(=O)C2CCCN(C(=O)OC(C)(C)C)C2)C(C)C)cc1. The molecule has 2 amide bonds. The van der Waals surface area contributed by atoms with Gasteiger partial charge in [-0.25, -0.2) is 4.79 Å². The number of hydrogen-bond donors (Lipinski definition) is 0. The van der Waals surface area contributed by atoms with Crippen molar-refractivity contribution in [1.29, 1.82) is 0 Å². The maximum atomic E-state index is 13.3. The Balaban J connectivity index is 2.06. The van der Waals surface area contributed by atoms with Crippen LogP contribution in [0.25, 0.3) is 0 Å². The first-order chi connectivity index (χ1) is 13.5. The maximum Gasteiger partial charge on any atom is 0.410 e. The molecular weight excluding hydrogens is 364 g/mol. The van der Waals surface area contributed by atoms with Crippen LogP contribution in [0.1, 0.15) is 78.4 Å². The highest BCUT2D eigenvalue weighted by Gasteiger charge is 2.33. The zero-order chi connectivity index (χ0) is 21.8. The predicted molar refractivity (Wildman–Crippen MR) is 117 cm³/mol. The first kappa shape index (κ1) is 23.2. The van der Waals surface area contributed by atoms with Crippen molar-refractivity contribution in [2.45, 2.75) is 85.4 Å². The summed E-state index contributed by atoms with van der Waals surface area (Å²) < 4.78 is 5.50. The van der Waals surface area contributed by atoms with Crippen LogP contribution in [0.2, 0.25) is 0 Å². The van der Waals surface area contributed by atoms with Crippen LogP contribution in [0.15, 0.2) is 24.3 Å². The fraction of sp³-hybridized carbons (Fsp3) is 0.667. The quantitative estimate of drug-likeness (QED) is 0.681. The maximum absolute atomic E-state index is 13.3. The first-order valence-electron chi connectivity index (χ1n) is 10.8. The molecule has 0 N–H and O–H groups in total. The Labute approximate surface area is 176 Å². The fourth-order valence-electron chi connectivity index (χ4n) is 3.63. The Kier molecular flexibility index (Phi) is 7.73. The molecule has 1 saturated heterocycles. The van der Waals surface area contributed by atoms with Gasteiger partial charge in [0, 0.05) is 25.7 Å². The van der Waals surface area contributed by atoms with Gasteiger partial charge in [0.25, 0.3) is 0 Å². The lowest BCUT2D eigenvalue weighted by atomic mass is 9.95. The summed E-state index contributed by atoms with van der Waals surface area (Å²) in [6.45, 7) is 15.7. The van der Waals surface area contributed by atoms with Crippen LogP contribution in [-0.2, 0) is 16.1 Å². The molecule has 1 atom stereocenters. The molecule has 162 valence electrons. The Hall–Kier alpha value is -2.04. The smallest absolute Gasteiger partial charge is 0.410 e. The average Bonchev–Trinajstić information content (AvgIpc) is 2.64. The van der Waals surface area contributed by atoms with E-state index in [1.54, 1.807) is 4.90 Å². The second-order valence-corrected chi connectivity index (χ2v) is 9.72. The minimum atomic E-state index is -0.528. The highest BCUT2D eigenvalue weighted by atomic mass is 16.6. The Bertz CT molecular complexity index is 689. The van der Waals surface area contributed by atoms with Gasteiger partial charge in [-0.15, -0.1) is 0 Å². The number of nitrogens with zero attached hydrogens (tertiary/aromatic N) is 2. The van der Waals surface area contributed by atoms with E-state index < -0.39 is 5.60 Å². The van der Waals surface area contributed by atoms with E-state index in [0.717, 1.165) is 18.4 Å². The normalized spacial score (nSPS) is 17.6. The molecule has 0 saturated carbocycles. The number of hydrogen-bond acceptors (Lipinski definition) is 3. The summed E-state index contributed by atoms with van der Waals surface area (Å²) in [7, 11) is 0. The van der Waals surface area contributed by atoms with Gasteiger partial charge in [-0.2, -0.15) is 0 Å². The summed E-state index contributed by atoms with van der Waals surface area (Å²) in [5.41, 5.74) is 1.91. The summed E-state index contributed by atoms with van der Waals surface area (Å²) in [4.78, 5) is 29.4. The minimum absolute atomic E-state index is 0.101. The van der Waals surface area contributed by atoms with Crippen molar-refractivity contribution >= 4 is 12.0 Å². The van der Waals surface area contributed by atoms with Crippen LogP contribution in [0.4, 0.5) is 4.79 Å². The van der Waals surface area contributed by atoms with Gasteiger partial charge < -0.3 is 14.5 Å². The molecule has 0 aromatic heterocycles. The van der Waals surface area contributed by atoms with Gasteiger partial charge in [0.2, 0.25) is 5.91 Å². The van der Waals surface area contributed by atoms with Crippen LogP contribution in [0.5, 0.6) is 0 Å². The predicted octanol–water partition coefficient (Wildman–Crippen LogP) is 5.19. The molecule has 1 aliphatic heterocycles. The highest BCUT2D eigenvalue weighted by molar-refractivity contribution is 5.80. The number of carbonyl (C=O) groups excluding carboxylic acids is 2. The van der Waals surface area contributed by atoms with Crippen molar-refractivity contribution in [2.75, 3.05) is 13.1 Å². The van der Waals surface area contributed by atoms with Gasteiger partial charge >= 0.3 is 6.09 Å². The van der Waals surface area contributed by atoms with E-state index >= 15 is 0 Å². The van der Waals surface area contributed by atoms with Gasteiger partial charge in [0.05, 0.1) is 5.92 Å². The van der Waals surface area contributed by atoms with E-state index in [1.807, 2.05) is 25.7 Å². The molecule has 5 heteroatoms. The molecule has 2 rings (SSSR count). The first-order valence-corrected chi connectivity index (χ1v) is 10.8. The molecule has 29 heavy (non-hydrogen) atoms. The van der Waals surface area contributed by atoms with Crippen molar-refractivity contribution in [3.8, 4) is 0 Å². The average molecular weight is 403 g/mol. The van der Waals surface area contributed by atoms with Crippen LogP contribution < -0.4 is 0 Å². The second kappa shape index (κ2) is 9.64. The number of ether oxygens (including phenoxy) is 1. The molecule has 1 fully saturated rings. The van der Waals surface area contributed by atoms with E-state index in [1.165, 1.54) is 5.56 Å². The van der Waals surface area contributed by atoms with Crippen LogP contribution >= 0.6 is 0 Å². The Morgan fingerprint density at radius 3 is 2.28 bits per heavy atom. The summed E-state index contributed by atoms with van der Waals surface area (Å²) >= 11 is 0. The molecule has 1 unspecified atom stereocenters. The molecule has 1 aliphatic rings. The number of amides is 2. The van der Waals surface area contributed by atoms with Crippen LogP contribution in [0, 0.1) is 5.92 Å². The minimum Gasteiger partial charge on any atom is -0.444 e. The van der Waals surface area contributed by atoms with E-state index in [-0.39, 0.29) is 24.0 Å². The Morgan fingerprint density at radius 2 is 1.76 bits per heavy atom. The fourth-order valence-corrected chi connectivity index (χ4v) is 3.63. The molecule has 1 heterocycles. The van der Waals surface area contributed by atoms with E-state index in [4.69, 9.17) is 4.74 Å². The van der Waals surface area contributed by atoms with E-state index in [2.05, 4.69) is 52.0 Å². The second-order valence-electron chi connectivity index (χ2n) is 9.72. The third-order valence-corrected chi connectivity index (χ3v) is 5.33. The molecule has 5 nitrogen and oxygen atoms in total. The number of benzene rings is 1. The molecule has 0 bridgehead atoms. The van der Waals surface area contributed by atoms with E-state index in [9.17, 15) is 9.59 Å². The molecule has 0 aliphatic carbocycles. The highest BCUT2D eigenvalue weighted by Crippen LogP contribution is 2.24. The Morgan fingerprint density at radius 1 is 1.14 bits per heavy atom. The van der Waals surface area contributed by atoms with Crippen molar-refractivity contribution in [3.05, 3.63) is 35.4 Å². The van der Waals surface area contributed by atoms with Crippen molar-refractivity contribution in [1.82, 2.24) is 9.80 Å². The zero-order valence-corrected chi connectivity index (χ0v) is 19.2. The standard InChI is InChI=1S/C24H38N2O3/c1-17(2)20-12-10-19(11-13-20)15-26(18(3)4)22(27)21-9-8-14-25(16-21)23(28)29-24(5,6)7/h10-13,17-18,21H,8-9,14-16H2,1-7H3. The molecule has 0 radical (unpaired) electrons. The van der Waals surface area contributed by atoms with Crippen LogP contribution in [0.3, 0.4) is 0 Å². The summed E-state index contributed by atoms with van der Waals surface area (Å²) in [5, 5.41) is 0. The third-order valence-electron chi connectivity index (χ3n) is 5.33. The molecular formula is C24H38N2O3. The summed E-state index contributed by atoms with van der Waals surface area (Å²) in [6, 6.07) is 8.63. The topological polar surface area (TPSA) is 49.9 Å². The zero-order valence-electron chi connectivity index (χ0n) is 19.2. The van der Waals surface area contributed by atoms with Crippen molar-refractivity contribution < 1.29 is 14.3 Å². The van der Waals surface area contributed by atoms with E-state index in [0.29, 0.717) is 25.6 Å². The molecule has 1 aromatic carbocycles. The monoisotopic (exact) mass is 402 g/mol. The lowest BCUT2D eigenvalue weighted by Gasteiger charge is -2.37. The number of piperidine rings is 1. The van der Waals surface area contributed by atoms with Gasteiger partial charge in [-0.05, 0) is 64.5 Å². The van der Waals surface area contributed by atoms with Gasteiger partial charge in [-0.1, -0.05) is 38.1 Å². The summed E-state index contributed by atoms with van der Waals surface area (Å²) in [5.74, 6) is 0.447. The summed E-state index contributed by atoms with van der Waals surface area (Å²) in [6.07, 6.45) is 1.31. The number of rotatable bonds is 5. The molecule has 0 spiro atoms. The largest absolute Gasteiger partial charge is 0.444 e. The van der Waals surface area contributed by atoms with Crippen molar-refractivity contribution in [2.24, 2.45) is 5.92 Å².